The van der Waals surface area contributed by atoms with Crippen LogP contribution in [0.5, 0.6) is 5.75 Å². The molecule has 0 atom stereocenters. The summed E-state index contributed by atoms with van der Waals surface area (Å²) in [7, 11) is 0. The minimum atomic E-state index is 0.694. The van der Waals surface area contributed by atoms with E-state index in [1.54, 1.807) is 11.3 Å². The molecule has 21 heavy (non-hydrogen) atoms. The molecular weight excluding hydrogens is 282 g/mol. The molecule has 0 amide bonds. The van der Waals surface area contributed by atoms with Gasteiger partial charge in [0.15, 0.2) is 4.96 Å². The second kappa shape index (κ2) is 5.16. The second-order valence-electron chi connectivity index (χ2n) is 5.13. The van der Waals surface area contributed by atoms with Gasteiger partial charge in [-0.15, -0.1) is 0 Å². The van der Waals surface area contributed by atoms with Gasteiger partial charge in [-0.3, -0.25) is 4.40 Å². The molecule has 4 nitrogen and oxygen atoms in total. The average molecular weight is 299 g/mol. The summed E-state index contributed by atoms with van der Waals surface area (Å²) in [5, 5.41) is 3.41. The fraction of sp³-hybridized carbons (Fsp3) is 0.312. The van der Waals surface area contributed by atoms with Gasteiger partial charge in [0.2, 0.25) is 0 Å². The number of aromatic nitrogens is 2. The van der Waals surface area contributed by atoms with Crippen LogP contribution in [0.3, 0.4) is 0 Å². The van der Waals surface area contributed by atoms with Crippen molar-refractivity contribution in [3.8, 4) is 17.0 Å². The molecule has 1 N–H and O–H groups in total. The Kier molecular flexibility index (Phi) is 3.16. The number of thiazole rings is 1. The zero-order valence-corrected chi connectivity index (χ0v) is 12.7. The predicted molar refractivity (Wildman–Crippen MR) is 85.1 cm³/mol. The van der Waals surface area contributed by atoms with E-state index in [9.17, 15) is 0 Å². The van der Waals surface area contributed by atoms with Crippen molar-refractivity contribution < 1.29 is 4.74 Å². The number of hydrogen-bond acceptors (Lipinski definition) is 4. The molecule has 0 bridgehead atoms. The summed E-state index contributed by atoms with van der Waals surface area (Å²) < 4.78 is 7.74. The van der Waals surface area contributed by atoms with Gasteiger partial charge in [-0.2, -0.15) is 0 Å². The van der Waals surface area contributed by atoms with Crippen LogP contribution in [-0.4, -0.2) is 22.5 Å². The van der Waals surface area contributed by atoms with E-state index in [1.807, 2.05) is 19.1 Å². The van der Waals surface area contributed by atoms with E-state index in [0.29, 0.717) is 6.61 Å². The molecule has 0 aliphatic carbocycles. The summed E-state index contributed by atoms with van der Waals surface area (Å²) in [5.74, 6) is 0.908. The van der Waals surface area contributed by atoms with Crippen molar-refractivity contribution >= 4 is 16.3 Å². The summed E-state index contributed by atoms with van der Waals surface area (Å²) >= 11 is 1.79. The molecular formula is C16H17N3OS. The van der Waals surface area contributed by atoms with Crippen LogP contribution in [-0.2, 0) is 13.0 Å². The summed E-state index contributed by atoms with van der Waals surface area (Å²) in [6.45, 7) is 4.71. The molecule has 0 unspecified atom stereocenters. The van der Waals surface area contributed by atoms with Gasteiger partial charge in [-0.25, -0.2) is 4.98 Å². The Morgan fingerprint density at radius 3 is 3.00 bits per heavy atom. The van der Waals surface area contributed by atoms with Crippen molar-refractivity contribution in [1.82, 2.24) is 14.7 Å². The molecule has 5 heteroatoms. The third-order valence-electron chi connectivity index (χ3n) is 3.79. The largest absolute Gasteiger partial charge is 0.494 e. The number of nitrogens with zero attached hydrogens (tertiary/aromatic N) is 2. The van der Waals surface area contributed by atoms with E-state index in [2.05, 4.69) is 28.0 Å². The third kappa shape index (κ3) is 2.22. The van der Waals surface area contributed by atoms with E-state index in [1.165, 1.54) is 10.6 Å². The molecule has 0 saturated carbocycles. The topological polar surface area (TPSA) is 38.6 Å². The molecule has 108 valence electrons. The van der Waals surface area contributed by atoms with Crippen molar-refractivity contribution in [3.63, 3.8) is 0 Å². The SMILES string of the molecule is CCOc1ccc(-c2cn3c4c(sc3n2)CNCC4)cc1. The maximum Gasteiger partial charge on any atom is 0.194 e. The van der Waals surface area contributed by atoms with Crippen LogP contribution in [0, 0.1) is 0 Å². The Bertz CT molecular complexity index is 773. The Labute approximate surface area is 127 Å². The highest BCUT2D eigenvalue weighted by molar-refractivity contribution is 7.17. The number of benzene rings is 1. The number of imidazole rings is 1. The minimum absolute atomic E-state index is 0.694. The standard InChI is InChI=1S/C16H17N3OS/c1-2-20-12-5-3-11(4-6-12)13-10-19-14-7-8-17-9-15(14)21-16(19)18-13/h3-6,10,17H,2,7-9H2,1H3. The highest BCUT2D eigenvalue weighted by Gasteiger charge is 2.17. The molecule has 0 fully saturated rings. The first-order valence-electron chi connectivity index (χ1n) is 7.29. The Morgan fingerprint density at radius 2 is 2.19 bits per heavy atom. The summed E-state index contributed by atoms with van der Waals surface area (Å²) in [5.41, 5.74) is 3.58. The fourth-order valence-electron chi connectivity index (χ4n) is 2.77. The monoisotopic (exact) mass is 299 g/mol. The average Bonchev–Trinajstić information content (AvgIpc) is 3.06. The highest BCUT2D eigenvalue weighted by Crippen LogP contribution is 2.29. The number of nitrogens with one attached hydrogen (secondary N) is 1. The lowest BCUT2D eigenvalue weighted by Gasteiger charge is -2.11. The third-order valence-corrected chi connectivity index (χ3v) is 4.88. The van der Waals surface area contributed by atoms with Crippen molar-refractivity contribution in [3.05, 3.63) is 41.0 Å². The van der Waals surface area contributed by atoms with Gasteiger partial charge in [0.25, 0.3) is 0 Å². The summed E-state index contributed by atoms with van der Waals surface area (Å²) in [6.07, 6.45) is 3.24. The molecule has 4 rings (SSSR count). The molecule has 0 spiro atoms. The molecule has 1 aliphatic heterocycles. The first-order chi connectivity index (χ1) is 10.3. The van der Waals surface area contributed by atoms with Gasteiger partial charge in [0.1, 0.15) is 5.75 Å². The summed E-state index contributed by atoms with van der Waals surface area (Å²) in [6, 6.07) is 8.16. The van der Waals surface area contributed by atoms with Crippen LogP contribution in [0.2, 0.25) is 0 Å². The normalized spacial score (nSPS) is 14.3. The lowest BCUT2D eigenvalue weighted by molar-refractivity contribution is 0.340. The van der Waals surface area contributed by atoms with Gasteiger partial charge in [0, 0.05) is 41.8 Å². The van der Waals surface area contributed by atoms with E-state index in [4.69, 9.17) is 9.72 Å². The quantitative estimate of drug-likeness (QED) is 0.807. The lowest BCUT2D eigenvalue weighted by atomic mass is 10.1. The van der Waals surface area contributed by atoms with E-state index >= 15 is 0 Å². The van der Waals surface area contributed by atoms with E-state index < -0.39 is 0 Å². The van der Waals surface area contributed by atoms with Crippen LogP contribution in [0.15, 0.2) is 30.5 Å². The molecule has 0 saturated heterocycles. The molecule has 1 aromatic carbocycles. The first-order valence-corrected chi connectivity index (χ1v) is 8.10. The van der Waals surface area contributed by atoms with Crippen LogP contribution in [0.1, 0.15) is 17.5 Å². The molecule has 2 aromatic heterocycles. The van der Waals surface area contributed by atoms with Crippen LogP contribution < -0.4 is 10.1 Å². The van der Waals surface area contributed by atoms with Gasteiger partial charge in [-0.05, 0) is 31.2 Å². The van der Waals surface area contributed by atoms with Crippen molar-refractivity contribution in [2.75, 3.05) is 13.2 Å². The van der Waals surface area contributed by atoms with Gasteiger partial charge >= 0.3 is 0 Å². The summed E-state index contributed by atoms with van der Waals surface area (Å²) in [4.78, 5) is 7.29. The number of rotatable bonds is 3. The first kappa shape index (κ1) is 12.9. The van der Waals surface area contributed by atoms with E-state index in [-0.39, 0.29) is 0 Å². The molecule has 3 aromatic rings. The van der Waals surface area contributed by atoms with Crippen molar-refractivity contribution in [2.45, 2.75) is 19.9 Å². The lowest BCUT2D eigenvalue weighted by Crippen LogP contribution is -2.23. The highest BCUT2D eigenvalue weighted by atomic mass is 32.1. The Balaban J connectivity index is 1.71. The maximum absolute atomic E-state index is 5.48. The molecule has 3 heterocycles. The molecule has 0 radical (unpaired) electrons. The van der Waals surface area contributed by atoms with Gasteiger partial charge < -0.3 is 10.1 Å². The zero-order chi connectivity index (χ0) is 14.2. The van der Waals surface area contributed by atoms with Gasteiger partial charge in [0.05, 0.1) is 12.3 Å². The maximum atomic E-state index is 5.48. The second-order valence-corrected chi connectivity index (χ2v) is 6.20. The number of fused-ring (bicyclic) bond motifs is 3. The van der Waals surface area contributed by atoms with E-state index in [0.717, 1.165) is 41.5 Å². The van der Waals surface area contributed by atoms with Crippen LogP contribution in [0.4, 0.5) is 0 Å². The minimum Gasteiger partial charge on any atom is -0.494 e. The van der Waals surface area contributed by atoms with Crippen LogP contribution in [0.25, 0.3) is 16.2 Å². The fourth-order valence-corrected chi connectivity index (χ4v) is 3.88. The Morgan fingerprint density at radius 1 is 1.33 bits per heavy atom. The Hall–Kier alpha value is -1.85. The predicted octanol–water partition coefficient (Wildman–Crippen LogP) is 3.11. The number of ether oxygens (including phenoxy) is 1. The van der Waals surface area contributed by atoms with Crippen molar-refractivity contribution in [2.24, 2.45) is 0 Å². The zero-order valence-electron chi connectivity index (χ0n) is 11.9. The van der Waals surface area contributed by atoms with Crippen molar-refractivity contribution in [1.29, 1.82) is 0 Å². The molecule has 1 aliphatic rings. The smallest absolute Gasteiger partial charge is 0.194 e. The van der Waals surface area contributed by atoms with Crippen LogP contribution >= 0.6 is 11.3 Å². The van der Waals surface area contributed by atoms with Gasteiger partial charge in [-0.1, -0.05) is 11.3 Å². The number of hydrogen-bond donors (Lipinski definition) is 1.